The molecule has 3 aliphatic heterocycles. The number of amides is 2. The van der Waals surface area contributed by atoms with Gasteiger partial charge in [0.15, 0.2) is 5.78 Å². The Kier molecular flexibility index (Phi) is 9.01. The highest BCUT2D eigenvalue weighted by atomic mass is 32.1. The smallest absolute Gasteiger partial charge is 0.259 e. The van der Waals surface area contributed by atoms with E-state index in [1.807, 2.05) is 31.4 Å². The molecule has 0 bridgehead atoms. The van der Waals surface area contributed by atoms with Crippen LogP contribution in [0.4, 0.5) is 26.0 Å². The second kappa shape index (κ2) is 13.6. The molecule has 12 heteroatoms. The van der Waals surface area contributed by atoms with Crippen LogP contribution in [0.25, 0.3) is 9.75 Å². The van der Waals surface area contributed by atoms with Gasteiger partial charge >= 0.3 is 0 Å². The maximum atomic E-state index is 14.3. The molecule has 2 saturated heterocycles. The number of nitrogens with one attached hydrogen (secondary N) is 1. The molecule has 3 aromatic heterocycles. The van der Waals surface area contributed by atoms with Gasteiger partial charge in [0, 0.05) is 67.2 Å². The molecule has 0 radical (unpaired) electrons. The van der Waals surface area contributed by atoms with Crippen molar-refractivity contribution in [2.24, 2.45) is 5.41 Å². The van der Waals surface area contributed by atoms with Crippen molar-refractivity contribution >= 4 is 57.5 Å². The van der Waals surface area contributed by atoms with E-state index in [1.54, 1.807) is 35.2 Å². The Bertz CT molecular complexity index is 2200. The van der Waals surface area contributed by atoms with E-state index in [1.165, 1.54) is 28.7 Å². The van der Waals surface area contributed by atoms with Gasteiger partial charge in [0.25, 0.3) is 11.8 Å². The van der Waals surface area contributed by atoms with Crippen LogP contribution in [0.3, 0.4) is 0 Å². The molecule has 2 fully saturated rings. The number of carbonyl (C=O) groups excluding carboxylic acids is 3. The SMILES string of the molecule is Cc1cc(C(=O)Nc2ccc(C(=O)N3CCc4cc(C(=O)Cc5c(F)cccc5F)sc4-c4sccc43)cc2)c(N2CC3(CCOCC3)C2)nc1C. The van der Waals surface area contributed by atoms with Gasteiger partial charge in [0.1, 0.15) is 17.5 Å². The summed E-state index contributed by atoms with van der Waals surface area (Å²) in [7, 11) is 0. The number of fused-ring (bicyclic) bond motifs is 3. The number of carbonyl (C=O) groups is 3. The summed E-state index contributed by atoms with van der Waals surface area (Å²) in [4.78, 5) is 51.7. The molecule has 8 rings (SSSR count). The lowest BCUT2D eigenvalue weighted by Gasteiger charge is -2.53. The van der Waals surface area contributed by atoms with Crippen molar-refractivity contribution in [3.63, 3.8) is 0 Å². The zero-order valence-corrected chi connectivity index (χ0v) is 30.4. The van der Waals surface area contributed by atoms with Crippen LogP contribution in [-0.2, 0) is 17.6 Å². The summed E-state index contributed by atoms with van der Waals surface area (Å²) in [5.74, 6) is -1.57. The average molecular weight is 739 g/mol. The topological polar surface area (TPSA) is 91.8 Å². The summed E-state index contributed by atoms with van der Waals surface area (Å²) < 4.78 is 34.1. The first-order valence-corrected chi connectivity index (χ1v) is 19.0. The first kappa shape index (κ1) is 34.3. The Morgan fingerprint density at radius 2 is 1.69 bits per heavy atom. The molecule has 0 unspecified atom stereocenters. The number of rotatable bonds is 7. The minimum atomic E-state index is -0.741. The van der Waals surface area contributed by atoms with E-state index in [2.05, 4.69) is 10.2 Å². The summed E-state index contributed by atoms with van der Waals surface area (Å²) in [5.41, 5.74) is 5.05. The van der Waals surface area contributed by atoms with Crippen molar-refractivity contribution in [2.75, 3.05) is 48.0 Å². The van der Waals surface area contributed by atoms with Gasteiger partial charge in [0.05, 0.1) is 25.9 Å². The lowest BCUT2D eigenvalue weighted by Crippen LogP contribution is -2.59. The van der Waals surface area contributed by atoms with Crippen LogP contribution in [0.2, 0.25) is 0 Å². The summed E-state index contributed by atoms with van der Waals surface area (Å²) in [6, 6.07) is 16.1. The van der Waals surface area contributed by atoms with E-state index in [0.29, 0.717) is 40.5 Å². The van der Waals surface area contributed by atoms with Crippen LogP contribution in [-0.4, -0.2) is 55.4 Å². The normalized spacial score (nSPS) is 16.2. The van der Waals surface area contributed by atoms with Gasteiger partial charge in [0.2, 0.25) is 0 Å². The predicted molar refractivity (Wildman–Crippen MR) is 200 cm³/mol. The van der Waals surface area contributed by atoms with Crippen molar-refractivity contribution in [3.05, 3.63) is 116 Å². The van der Waals surface area contributed by atoms with E-state index < -0.39 is 11.6 Å². The number of aryl methyl sites for hydroxylation is 2. The number of ether oxygens (including phenoxy) is 1. The number of halogens is 2. The third kappa shape index (κ3) is 6.33. The minimum Gasteiger partial charge on any atom is -0.381 e. The molecule has 2 aromatic carbocycles. The third-order valence-electron chi connectivity index (χ3n) is 10.5. The number of pyridine rings is 1. The van der Waals surface area contributed by atoms with Crippen LogP contribution < -0.4 is 15.1 Å². The molecule has 8 nitrogen and oxygen atoms in total. The maximum absolute atomic E-state index is 14.3. The lowest BCUT2D eigenvalue weighted by atomic mass is 9.73. The Balaban J connectivity index is 0.967. The highest BCUT2D eigenvalue weighted by Crippen LogP contribution is 2.46. The van der Waals surface area contributed by atoms with Crippen molar-refractivity contribution in [1.82, 2.24) is 4.98 Å². The van der Waals surface area contributed by atoms with Crippen LogP contribution in [0, 0.1) is 30.9 Å². The Morgan fingerprint density at radius 1 is 0.962 bits per heavy atom. The first-order valence-electron chi connectivity index (χ1n) is 17.3. The van der Waals surface area contributed by atoms with Crippen LogP contribution in [0.5, 0.6) is 0 Å². The van der Waals surface area contributed by atoms with E-state index >= 15 is 0 Å². The number of hydrogen-bond acceptors (Lipinski definition) is 8. The molecule has 52 heavy (non-hydrogen) atoms. The van der Waals surface area contributed by atoms with Crippen molar-refractivity contribution in [1.29, 1.82) is 0 Å². The number of aromatic nitrogens is 1. The van der Waals surface area contributed by atoms with E-state index in [4.69, 9.17) is 9.72 Å². The van der Waals surface area contributed by atoms with Gasteiger partial charge in [-0.2, -0.15) is 0 Å². The van der Waals surface area contributed by atoms with Crippen LogP contribution >= 0.6 is 22.7 Å². The number of hydrogen-bond donors (Lipinski definition) is 1. The van der Waals surface area contributed by atoms with Gasteiger partial charge in [-0.05, 0) is 104 Å². The quantitative estimate of drug-likeness (QED) is 0.169. The monoisotopic (exact) mass is 738 g/mol. The number of ketones is 1. The second-order valence-electron chi connectivity index (χ2n) is 13.9. The maximum Gasteiger partial charge on any atom is 0.259 e. The molecule has 1 spiro atoms. The fourth-order valence-corrected chi connectivity index (χ4v) is 9.56. The Hall–Kier alpha value is -4.78. The summed E-state index contributed by atoms with van der Waals surface area (Å²) in [6.07, 6.45) is 2.18. The number of nitrogens with zero attached hydrogens (tertiary/aromatic N) is 3. The van der Waals surface area contributed by atoms with E-state index in [-0.39, 0.29) is 35.0 Å². The van der Waals surface area contributed by atoms with Crippen LogP contribution in [0.15, 0.2) is 66.0 Å². The molecule has 5 aromatic rings. The number of thiophene rings is 2. The standard InChI is InChI=1S/C40H36F2N4O4S2/c1-23-18-29(37(43-24(23)2)45-21-40(22-45)12-15-50-16-13-40)38(48)44-27-8-6-25(7-9-27)39(49)46-14-10-26-19-34(52-35(26)36-32(46)11-17-51-36)33(47)20-28-30(41)4-3-5-31(28)42/h3-9,11,17-19H,10,12-16,20-22H2,1-2H3,(H,44,48). The summed E-state index contributed by atoms with van der Waals surface area (Å²) in [5, 5.41) is 4.92. The molecule has 0 saturated carbocycles. The Labute approximate surface area is 308 Å². The van der Waals surface area contributed by atoms with Crippen LogP contribution in [0.1, 0.15) is 65.6 Å². The van der Waals surface area contributed by atoms with E-state index in [9.17, 15) is 23.2 Å². The predicted octanol–water partition coefficient (Wildman–Crippen LogP) is 8.26. The minimum absolute atomic E-state index is 0.181. The van der Waals surface area contributed by atoms with Crippen molar-refractivity contribution < 1.29 is 27.9 Å². The van der Waals surface area contributed by atoms with E-state index in [0.717, 1.165) is 83.5 Å². The molecule has 3 aliphatic rings. The highest BCUT2D eigenvalue weighted by Gasteiger charge is 2.45. The third-order valence-corrected chi connectivity index (χ3v) is 12.7. The lowest BCUT2D eigenvalue weighted by molar-refractivity contribution is -0.000520. The second-order valence-corrected chi connectivity index (χ2v) is 15.8. The number of benzene rings is 2. The van der Waals surface area contributed by atoms with Gasteiger partial charge in [-0.25, -0.2) is 13.8 Å². The molecule has 266 valence electrons. The molecular formula is C40H36F2N4O4S2. The molecule has 6 heterocycles. The average Bonchev–Trinajstić information content (AvgIpc) is 3.75. The molecular weight excluding hydrogens is 703 g/mol. The van der Waals surface area contributed by atoms with Crippen molar-refractivity contribution in [2.45, 2.75) is 39.5 Å². The fourth-order valence-electron chi connectivity index (χ4n) is 7.33. The molecule has 0 atom stereocenters. The van der Waals surface area contributed by atoms with Gasteiger partial charge < -0.3 is 19.9 Å². The zero-order chi connectivity index (χ0) is 36.1. The highest BCUT2D eigenvalue weighted by molar-refractivity contribution is 7.23. The molecule has 0 aliphatic carbocycles. The largest absolute Gasteiger partial charge is 0.381 e. The van der Waals surface area contributed by atoms with Gasteiger partial charge in [-0.15, -0.1) is 22.7 Å². The zero-order valence-electron chi connectivity index (χ0n) is 28.8. The molecule has 2 amide bonds. The number of Topliss-reactive ketones (excluding diaryl/α,β-unsaturated/α-hetero) is 1. The summed E-state index contributed by atoms with van der Waals surface area (Å²) in [6.45, 7) is 7.55. The fraction of sp³-hybridized carbons (Fsp3) is 0.300. The number of anilines is 3. The van der Waals surface area contributed by atoms with Crippen molar-refractivity contribution in [3.8, 4) is 9.75 Å². The molecule has 1 N–H and O–H groups in total. The van der Waals surface area contributed by atoms with Gasteiger partial charge in [-0.1, -0.05) is 6.07 Å². The summed E-state index contributed by atoms with van der Waals surface area (Å²) >= 11 is 2.77. The first-order chi connectivity index (χ1) is 25.1. The Morgan fingerprint density at radius 3 is 2.42 bits per heavy atom. The van der Waals surface area contributed by atoms with Gasteiger partial charge in [-0.3, -0.25) is 14.4 Å².